The number of benzene rings is 1. The summed E-state index contributed by atoms with van der Waals surface area (Å²) in [5.41, 5.74) is 0.975. The topological polar surface area (TPSA) is 49.7 Å². The van der Waals surface area contributed by atoms with Crippen LogP contribution in [-0.2, 0) is 4.74 Å². The van der Waals surface area contributed by atoms with Gasteiger partial charge in [-0.15, -0.1) is 0 Å². The molecule has 3 atom stereocenters. The van der Waals surface area contributed by atoms with Crippen molar-refractivity contribution in [3.05, 3.63) is 35.9 Å². The molecule has 0 fully saturated rings. The van der Waals surface area contributed by atoms with Crippen LogP contribution in [0.25, 0.3) is 0 Å². The van der Waals surface area contributed by atoms with E-state index in [2.05, 4.69) is 13.8 Å². The average Bonchev–Trinajstić information content (AvgIpc) is 2.48. The molecule has 0 spiro atoms. The fourth-order valence-corrected chi connectivity index (χ4v) is 2.33. The predicted molar refractivity (Wildman–Crippen MR) is 81.6 cm³/mol. The third-order valence-corrected chi connectivity index (χ3v) is 3.58. The fourth-order valence-electron chi connectivity index (χ4n) is 2.33. The second-order valence-corrected chi connectivity index (χ2v) is 5.22. The summed E-state index contributed by atoms with van der Waals surface area (Å²) in [7, 11) is 0. The van der Waals surface area contributed by atoms with E-state index in [9.17, 15) is 5.11 Å². The van der Waals surface area contributed by atoms with Gasteiger partial charge in [0.05, 0.1) is 12.2 Å². The highest BCUT2D eigenvalue weighted by Gasteiger charge is 2.24. The molecular formula is C17H28O3. The maximum atomic E-state index is 10.2. The monoisotopic (exact) mass is 280 g/mol. The van der Waals surface area contributed by atoms with Crippen LogP contribution in [0.2, 0.25) is 0 Å². The van der Waals surface area contributed by atoms with Crippen molar-refractivity contribution >= 4 is 0 Å². The third kappa shape index (κ3) is 5.61. The molecule has 0 aliphatic carbocycles. The molecule has 1 rings (SSSR count). The number of rotatable bonds is 10. The number of ether oxygens (including phenoxy) is 1. The zero-order chi connectivity index (χ0) is 14.8. The zero-order valence-corrected chi connectivity index (χ0v) is 12.7. The van der Waals surface area contributed by atoms with Gasteiger partial charge in [0.15, 0.2) is 0 Å². The van der Waals surface area contributed by atoms with Gasteiger partial charge >= 0.3 is 0 Å². The number of aliphatic hydroxyl groups is 2. The molecule has 3 heteroatoms. The van der Waals surface area contributed by atoms with Gasteiger partial charge in [-0.3, -0.25) is 0 Å². The summed E-state index contributed by atoms with van der Waals surface area (Å²) in [6.45, 7) is 4.25. The highest BCUT2D eigenvalue weighted by atomic mass is 16.5. The van der Waals surface area contributed by atoms with E-state index in [0.29, 0.717) is 6.42 Å². The first-order valence-electron chi connectivity index (χ1n) is 7.72. The molecule has 2 N–H and O–H groups in total. The van der Waals surface area contributed by atoms with Crippen molar-refractivity contribution in [1.82, 2.24) is 0 Å². The molecule has 3 unspecified atom stereocenters. The van der Waals surface area contributed by atoms with Crippen LogP contribution in [0.5, 0.6) is 0 Å². The first-order valence-corrected chi connectivity index (χ1v) is 7.72. The van der Waals surface area contributed by atoms with Gasteiger partial charge in [-0.25, -0.2) is 0 Å². The van der Waals surface area contributed by atoms with Gasteiger partial charge in [-0.1, -0.05) is 57.0 Å². The summed E-state index contributed by atoms with van der Waals surface area (Å²) >= 11 is 0. The number of hydrogen-bond acceptors (Lipinski definition) is 3. The van der Waals surface area contributed by atoms with E-state index in [-0.39, 0.29) is 18.8 Å². The van der Waals surface area contributed by atoms with Crippen LogP contribution in [0.1, 0.15) is 57.6 Å². The lowest BCUT2D eigenvalue weighted by Gasteiger charge is -2.28. The smallest absolute Gasteiger partial charge is 0.109 e. The Morgan fingerprint density at radius 2 is 1.80 bits per heavy atom. The Bertz CT molecular complexity index is 339. The standard InChI is InChI=1S/C17H28O3/c1-3-5-11-15(4-2)20-17(16(19)12-13-18)14-9-7-6-8-10-14/h6-10,15-19H,3-5,11-13H2,1-2H3. The molecule has 0 heterocycles. The minimum atomic E-state index is -0.668. The molecule has 0 radical (unpaired) electrons. The minimum absolute atomic E-state index is 0.0282. The molecule has 0 saturated heterocycles. The molecule has 0 aliphatic rings. The number of aliphatic hydroxyl groups excluding tert-OH is 2. The van der Waals surface area contributed by atoms with Crippen LogP contribution in [0.15, 0.2) is 30.3 Å². The van der Waals surface area contributed by atoms with Crippen molar-refractivity contribution < 1.29 is 14.9 Å². The molecule has 0 bridgehead atoms. The second-order valence-electron chi connectivity index (χ2n) is 5.22. The molecule has 0 aromatic heterocycles. The third-order valence-electron chi connectivity index (χ3n) is 3.58. The Kier molecular flexibility index (Phi) is 8.51. The quantitative estimate of drug-likeness (QED) is 0.690. The SMILES string of the molecule is CCCCC(CC)OC(c1ccccc1)C(O)CCO. The lowest BCUT2D eigenvalue weighted by molar-refractivity contribution is -0.0886. The molecule has 0 saturated carbocycles. The Morgan fingerprint density at radius 3 is 2.35 bits per heavy atom. The van der Waals surface area contributed by atoms with E-state index in [0.717, 1.165) is 31.2 Å². The molecule has 1 aromatic rings. The lowest BCUT2D eigenvalue weighted by atomic mass is 10.0. The molecule has 1 aromatic carbocycles. The second kappa shape index (κ2) is 9.92. The summed E-state index contributed by atoms with van der Waals surface area (Å²) in [5.74, 6) is 0. The predicted octanol–water partition coefficient (Wildman–Crippen LogP) is 3.46. The average molecular weight is 280 g/mol. The summed E-state index contributed by atoms with van der Waals surface area (Å²) in [5, 5.41) is 19.3. The van der Waals surface area contributed by atoms with Crippen LogP contribution >= 0.6 is 0 Å². The largest absolute Gasteiger partial charge is 0.396 e. The van der Waals surface area contributed by atoms with Gasteiger partial charge < -0.3 is 14.9 Å². The van der Waals surface area contributed by atoms with Crippen molar-refractivity contribution in [3.8, 4) is 0 Å². The molecular weight excluding hydrogens is 252 g/mol. The van der Waals surface area contributed by atoms with Gasteiger partial charge in [0, 0.05) is 6.61 Å². The zero-order valence-electron chi connectivity index (χ0n) is 12.7. The van der Waals surface area contributed by atoms with E-state index in [1.807, 2.05) is 30.3 Å². The van der Waals surface area contributed by atoms with Crippen molar-refractivity contribution in [1.29, 1.82) is 0 Å². The molecule has 0 amide bonds. The Labute approximate surface area is 122 Å². The van der Waals surface area contributed by atoms with E-state index in [1.54, 1.807) is 0 Å². The van der Waals surface area contributed by atoms with Crippen molar-refractivity contribution in [2.24, 2.45) is 0 Å². The van der Waals surface area contributed by atoms with Crippen molar-refractivity contribution in [2.75, 3.05) is 6.61 Å². The van der Waals surface area contributed by atoms with E-state index in [1.165, 1.54) is 0 Å². The molecule has 0 aliphatic heterocycles. The molecule has 20 heavy (non-hydrogen) atoms. The van der Waals surface area contributed by atoms with E-state index >= 15 is 0 Å². The number of hydrogen-bond donors (Lipinski definition) is 2. The van der Waals surface area contributed by atoms with Gasteiger partial charge in [-0.05, 0) is 24.8 Å². The van der Waals surface area contributed by atoms with Crippen LogP contribution in [0.4, 0.5) is 0 Å². The fraction of sp³-hybridized carbons (Fsp3) is 0.647. The van der Waals surface area contributed by atoms with Crippen LogP contribution < -0.4 is 0 Å². The summed E-state index contributed by atoms with van der Waals surface area (Å²) in [4.78, 5) is 0. The Hall–Kier alpha value is -0.900. The van der Waals surface area contributed by atoms with E-state index < -0.39 is 6.10 Å². The minimum Gasteiger partial charge on any atom is -0.396 e. The maximum Gasteiger partial charge on any atom is 0.109 e. The normalized spacial score (nSPS) is 15.8. The van der Waals surface area contributed by atoms with Crippen LogP contribution in [0, 0.1) is 0 Å². The Morgan fingerprint density at radius 1 is 1.10 bits per heavy atom. The highest BCUT2D eigenvalue weighted by molar-refractivity contribution is 5.18. The van der Waals surface area contributed by atoms with Crippen molar-refractivity contribution in [2.45, 2.75) is 64.3 Å². The maximum absolute atomic E-state index is 10.2. The van der Waals surface area contributed by atoms with Gasteiger partial charge in [-0.2, -0.15) is 0 Å². The lowest BCUT2D eigenvalue weighted by Crippen LogP contribution is -2.27. The first kappa shape index (κ1) is 17.2. The van der Waals surface area contributed by atoms with Gasteiger partial charge in [0.1, 0.15) is 6.10 Å². The highest BCUT2D eigenvalue weighted by Crippen LogP contribution is 2.27. The van der Waals surface area contributed by atoms with Crippen LogP contribution in [0.3, 0.4) is 0 Å². The summed E-state index contributed by atoms with van der Waals surface area (Å²) in [6, 6.07) is 9.79. The molecule has 3 nitrogen and oxygen atoms in total. The van der Waals surface area contributed by atoms with Gasteiger partial charge in [0.2, 0.25) is 0 Å². The van der Waals surface area contributed by atoms with E-state index in [4.69, 9.17) is 9.84 Å². The molecule has 114 valence electrons. The van der Waals surface area contributed by atoms with Crippen molar-refractivity contribution in [3.63, 3.8) is 0 Å². The summed E-state index contributed by atoms with van der Waals surface area (Å²) < 4.78 is 6.14. The first-order chi connectivity index (χ1) is 9.72. The summed E-state index contributed by atoms with van der Waals surface area (Å²) in [6.07, 6.45) is 3.71. The number of unbranched alkanes of at least 4 members (excludes halogenated alkanes) is 1. The Balaban J connectivity index is 2.76. The van der Waals surface area contributed by atoms with Gasteiger partial charge in [0.25, 0.3) is 0 Å². The van der Waals surface area contributed by atoms with Crippen LogP contribution in [-0.4, -0.2) is 29.0 Å².